The molecule has 1 radical (unpaired) electrons. The summed E-state index contributed by atoms with van der Waals surface area (Å²) in [6, 6.07) is 22.6. The van der Waals surface area contributed by atoms with Crippen LogP contribution in [-0.2, 0) is 30.3 Å². The summed E-state index contributed by atoms with van der Waals surface area (Å²) in [6.45, 7) is 20.9. The molecule has 263 valence electrons. The number of carbonyl (C=O) groups is 1. The van der Waals surface area contributed by atoms with Gasteiger partial charge in [-0.25, -0.2) is 0 Å². The molecule has 5 rings (SSSR count). The molecule has 6 heteroatoms. The molecule has 0 saturated heterocycles. The Bertz CT molecular complexity index is 1980. The van der Waals surface area contributed by atoms with Crippen molar-refractivity contribution in [3.05, 3.63) is 100 Å². The first-order valence-corrected chi connectivity index (χ1v) is 18.0. The van der Waals surface area contributed by atoms with Crippen LogP contribution in [0.2, 0.25) is 0 Å². The molecule has 4 nitrogen and oxygen atoms in total. The van der Waals surface area contributed by atoms with Gasteiger partial charge in [-0.1, -0.05) is 85.9 Å². The van der Waals surface area contributed by atoms with Gasteiger partial charge in [-0.2, -0.15) is 0 Å². The van der Waals surface area contributed by atoms with Gasteiger partial charge < -0.3 is 14.5 Å². The Labute approximate surface area is 310 Å². The fourth-order valence-electron chi connectivity index (χ4n) is 5.72. The van der Waals surface area contributed by atoms with Gasteiger partial charge in [-0.05, 0) is 74.6 Å². The molecule has 0 fully saturated rings. The summed E-state index contributed by atoms with van der Waals surface area (Å²) in [6.07, 6.45) is 10.3. The van der Waals surface area contributed by atoms with Crippen molar-refractivity contribution in [3.63, 3.8) is 0 Å². The zero-order chi connectivity index (χ0) is 35.3. The van der Waals surface area contributed by atoms with Gasteiger partial charge in [-0.15, -0.1) is 46.0 Å². The number of benzene rings is 3. The second kappa shape index (κ2) is 16.6. The number of rotatable bonds is 10. The molecule has 0 amide bonds. The molecule has 0 saturated carbocycles. The van der Waals surface area contributed by atoms with E-state index >= 15 is 0 Å². The molecular formula is C43H52IrNO3S-. The topological polar surface area (TPSA) is 62.8 Å². The predicted octanol–water partition coefficient (Wildman–Crippen LogP) is 12.9. The Kier molecular flexibility index (Phi) is 13.6. The third-order valence-electron chi connectivity index (χ3n) is 10.1. The molecule has 3 aromatic carbocycles. The normalized spacial score (nSPS) is 13.0. The van der Waals surface area contributed by atoms with E-state index in [4.69, 9.17) is 4.42 Å². The number of ketones is 1. The first-order valence-electron chi connectivity index (χ1n) is 17.2. The van der Waals surface area contributed by atoms with Crippen molar-refractivity contribution in [2.75, 3.05) is 0 Å². The van der Waals surface area contributed by atoms with E-state index in [9.17, 15) is 9.90 Å². The number of hydrogen-bond donors (Lipinski definition) is 1. The van der Waals surface area contributed by atoms with Crippen LogP contribution in [0.25, 0.3) is 37.9 Å². The smallest absolute Gasteiger partial charge is 0.164 e. The zero-order valence-corrected chi connectivity index (χ0v) is 34.0. The second-order valence-corrected chi connectivity index (χ2v) is 15.6. The fraction of sp³-hybridized carbons (Fsp3) is 0.395. The number of carbonyl (C=O) groups excluding carboxylic acids is 1. The molecule has 2 aromatic heterocycles. The molecule has 5 aromatic rings. The number of allylic oxidation sites excluding steroid dienone is 2. The molecule has 0 atom stereocenters. The molecule has 1 N–H and O–H groups in total. The SMILES string of the molecule is CCC(C)(CC)C(=O)/C=C(\O)C(C)(CC)CC.Cc1cc2c(ccc3oc(/C=C\N=Cc4[c-]c5ccccc5c(C(C)(C)C)c4)cc32)s1.[Ir]. The number of furan rings is 1. The minimum absolute atomic E-state index is 0. The molecule has 0 bridgehead atoms. The number of nitrogens with zero attached hydrogens (tertiary/aromatic N) is 1. The fourth-order valence-corrected chi connectivity index (χ4v) is 6.66. The standard InChI is InChI=1S/C28H24NOS.C15H28O2.Ir/c1-18-13-24-23-16-21(30-26(23)9-10-27(24)31-18)11-12-29-17-19-14-20-7-5-6-8-22(20)25(15-19)28(2,3)4;1-7-14(5,8-2)12(16)11-13(17)15(6,9-3)10-4;/h5-13,15-17H,1-4H3;11,16H,7-10H2,1-6H3;/q-1;;/b12-11-,29-17?;12-11-;. The predicted molar refractivity (Wildman–Crippen MR) is 208 cm³/mol. The van der Waals surface area contributed by atoms with E-state index in [1.807, 2.05) is 71.2 Å². The minimum atomic E-state index is -0.337. The number of hydrogen-bond acceptors (Lipinski definition) is 5. The van der Waals surface area contributed by atoms with Crippen molar-refractivity contribution in [3.8, 4) is 0 Å². The van der Waals surface area contributed by atoms with Gasteiger partial charge in [0.15, 0.2) is 5.78 Å². The van der Waals surface area contributed by atoms with Crippen molar-refractivity contribution in [1.82, 2.24) is 0 Å². The first-order chi connectivity index (χ1) is 22.7. The summed E-state index contributed by atoms with van der Waals surface area (Å²) >= 11 is 1.81. The monoisotopic (exact) mass is 855 g/mol. The van der Waals surface area contributed by atoms with Crippen LogP contribution >= 0.6 is 11.3 Å². The first kappa shape index (κ1) is 40.1. The molecule has 0 aliphatic heterocycles. The molecule has 49 heavy (non-hydrogen) atoms. The molecule has 0 spiro atoms. The Hall–Kier alpha value is -3.31. The van der Waals surface area contributed by atoms with Gasteiger partial charge >= 0.3 is 0 Å². The van der Waals surface area contributed by atoms with Crippen LogP contribution in [0.4, 0.5) is 0 Å². The van der Waals surface area contributed by atoms with Crippen molar-refractivity contribution < 1.29 is 34.4 Å². The van der Waals surface area contributed by atoms with E-state index in [0.717, 1.165) is 53.4 Å². The van der Waals surface area contributed by atoms with Gasteiger partial charge in [0, 0.05) is 63.6 Å². The summed E-state index contributed by atoms with van der Waals surface area (Å²) in [5.74, 6) is 1.09. The molecule has 0 aliphatic carbocycles. The number of aryl methyl sites for hydroxylation is 1. The maximum Gasteiger partial charge on any atom is 0.164 e. The van der Waals surface area contributed by atoms with Crippen LogP contribution in [0, 0.1) is 23.8 Å². The number of aliphatic hydroxyl groups is 1. The van der Waals surface area contributed by atoms with Crippen LogP contribution < -0.4 is 0 Å². The number of aliphatic hydroxyl groups excluding tert-OH is 1. The zero-order valence-electron chi connectivity index (χ0n) is 30.8. The Morgan fingerprint density at radius 1 is 0.878 bits per heavy atom. The summed E-state index contributed by atoms with van der Waals surface area (Å²) in [7, 11) is 0. The van der Waals surface area contributed by atoms with Crippen LogP contribution in [0.3, 0.4) is 0 Å². The maximum atomic E-state index is 12.2. The quantitative estimate of drug-likeness (QED) is 0.0659. The third-order valence-corrected chi connectivity index (χ3v) is 11.1. The van der Waals surface area contributed by atoms with Crippen LogP contribution in [0.15, 0.2) is 82.0 Å². The Morgan fingerprint density at radius 3 is 2.16 bits per heavy atom. The van der Waals surface area contributed by atoms with Crippen LogP contribution in [0.5, 0.6) is 0 Å². The van der Waals surface area contributed by atoms with Gasteiger partial charge in [-0.3, -0.25) is 4.79 Å². The van der Waals surface area contributed by atoms with E-state index in [1.54, 1.807) is 6.20 Å². The van der Waals surface area contributed by atoms with E-state index in [1.165, 1.54) is 32.0 Å². The van der Waals surface area contributed by atoms with Crippen LogP contribution in [-0.4, -0.2) is 17.1 Å². The average molecular weight is 855 g/mol. The van der Waals surface area contributed by atoms with Crippen LogP contribution in [0.1, 0.15) is 110 Å². The summed E-state index contributed by atoms with van der Waals surface area (Å²) < 4.78 is 7.29. The minimum Gasteiger partial charge on any atom is -0.512 e. The Balaban J connectivity index is 0.000000312. The van der Waals surface area contributed by atoms with Gasteiger partial charge in [0.05, 0.1) is 0 Å². The van der Waals surface area contributed by atoms with E-state index < -0.39 is 0 Å². The molecule has 0 unspecified atom stereocenters. The Morgan fingerprint density at radius 2 is 1.53 bits per heavy atom. The second-order valence-electron chi connectivity index (χ2n) is 14.4. The van der Waals surface area contributed by atoms with Gasteiger partial charge in [0.2, 0.25) is 0 Å². The van der Waals surface area contributed by atoms with Gasteiger partial charge in [0.25, 0.3) is 0 Å². The largest absolute Gasteiger partial charge is 0.512 e. The summed E-state index contributed by atoms with van der Waals surface area (Å²) in [5, 5.41) is 14.9. The number of thiophene rings is 1. The molecule has 0 aliphatic rings. The van der Waals surface area contributed by atoms with Gasteiger partial charge in [0.1, 0.15) is 17.1 Å². The van der Waals surface area contributed by atoms with Crippen molar-refractivity contribution >= 4 is 61.2 Å². The van der Waals surface area contributed by atoms with E-state index in [-0.39, 0.29) is 47.9 Å². The van der Waals surface area contributed by atoms with Crippen molar-refractivity contribution in [2.24, 2.45) is 15.8 Å². The number of aliphatic imine (C=N–C) groups is 1. The summed E-state index contributed by atoms with van der Waals surface area (Å²) in [5.41, 5.74) is 2.64. The number of fused-ring (bicyclic) bond motifs is 4. The maximum absolute atomic E-state index is 12.2. The van der Waals surface area contributed by atoms with E-state index in [2.05, 4.69) is 87.3 Å². The summed E-state index contributed by atoms with van der Waals surface area (Å²) in [4.78, 5) is 18.0. The molecule has 2 heterocycles. The van der Waals surface area contributed by atoms with Crippen molar-refractivity contribution in [1.29, 1.82) is 0 Å². The molecular weight excluding hydrogens is 803 g/mol. The third kappa shape index (κ3) is 9.28. The van der Waals surface area contributed by atoms with Crippen molar-refractivity contribution in [2.45, 2.75) is 100 Å². The van der Waals surface area contributed by atoms with E-state index in [0.29, 0.717) is 0 Å². The average Bonchev–Trinajstić information content (AvgIpc) is 3.67.